The summed E-state index contributed by atoms with van der Waals surface area (Å²) in [5.74, 6) is 0.394. The predicted octanol–water partition coefficient (Wildman–Crippen LogP) is 4.26. The minimum absolute atomic E-state index is 0.138. The summed E-state index contributed by atoms with van der Waals surface area (Å²) in [5.41, 5.74) is 2.89. The molecule has 3 nitrogen and oxygen atoms in total. The van der Waals surface area contributed by atoms with E-state index in [1.807, 2.05) is 6.92 Å². The number of carbonyl (C=O) groups is 1. The van der Waals surface area contributed by atoms with Gasteiger partial charge in [-0.2, -0.15) is 0 Å². The largest absolute Gasteiger partial charge is 0.463 e. The van der Waals surface area contributed by atoms with E-state index in [2.05, 4.69) is 36.2 Å². The van der Waals surface area contributed by atoms with Crippen molar-refractivity contribution in [2.24, 2.45) is 0 Å². The van der Waals surface area contributed by atoms with Crippen LogP contribution in [0.1, 0.15) is 51.0 Å². The lowest BCUT2D eigenvalue weighted by Crippen LogP contribution is -2.24. The second kappa shape index (κ2) is 7.30. The zero-order valence-electron chi connectivity index (χ0n) is 13.0. The van der Waals surface area contributed by atoms with Crippen molar-refractivity contribution in [2.45, 2.75) is 51.5 Å². The summed E-state index contributed by atoms with van der Waals surface area (Å²) in [6, 6.07) is 8.42. The summed E-state index contributed by atoms with van der Waals surface area (Å²) in [5, 5.41) is 3.30. The van der Waals surface area contributed by atoms with Gasteiger partial charge in [0, 0.05) is 5.69 Å². The zero-order chi connectivity index (χ0) is 15.2. The van der Waals surface area contributed by atoms with Crippen molar-refractivity contribution in [1.29, 1.82) is 0 Å². The van der Waals surface area contributed by atoms with Gasteiger partial charge < -0.3 is 10.1 Å². The Morgan fingerprint density at radius 1 is 1.33 bits per heavy atom. The van der Waals surface area contributed by atoms with Gasteiger partial charge in [0.05, 0.1) is 18.2 Å². The maximum Gasteiger partial charge on any atom is 0.335 e. The summed E-state index contributed by atoms with van der Waals surface area (Å²) >= 11 is 0. The number of rotatable bonds is 6. The number of hydrogen-bond donors (Lipinski definition) is 1. The van der Waals surface area contributed by atoms with Crippen LogP contribution in [0.15, 0.2) is 36.4 Å². The maximum absolute atomic E-state index is 11.6. The third kappa shape index (κ3) is 4.10. The molecule has 1 saturated carbocycles. The minimum Gasteiger partial charge on any atom is -0.463 e. The van der Waals surface area contributed by atoms with Gasteiger partial charge in [-0.15, -0.1) is 0 Å². The number of benzene rings is 1. The van der Waals surface area contributed by atoms with Crippen LogP contribution in [0.3, 0.4) is 0 Å². The monoisotopic (exact) mass is 287 g/mol. The summed E-state index contributed by atoms with van der Waals surface area (Å²) in [6.45, 7) is 7.91. The van der Waals surface area contributed by atoms with Gasteiger partial charge in [-0.05, 0) is 50.3 Å². The lowest BCUT2D eigenvalue weighted by Gasteiger charge is -2.17. The van der Waals surface area contributed by atoms with Crippen LogP contribution in [0.2, 0.25) is 0 Å². The van der Waals surface area contributed by atoms with Crippen molar-refractivity contribution in [3.05, 3.63) is 42.0 Å². The first-order valence-electron chi connectivity index (χ1n) is 7.84. The highest BCUT2D eigenvalue weighted by molar-refractivity contribution is 5.89. The first kappa shape index (κ1) is 15.6. The molecule has 0 heterocycles. The van der Waals surface area contributed by atoms with Crippen LogP contribution in [0.4, 0.5) is 5.69 Å². The van der Waals surface area contributed by atoms with Crippen LogP contribution in [-0.2, 0) is 9.53 Å². The van der Waals surface area contributed by atoms with Gasteiger partial charge in [-0.25, -0.2) is 4.79 Å². The quantitative estimate of drug-likeness (QED) is 0.627. The summed E-state index contributed by atoms with van der Waals surface area (Å²) < 4.78 is 4.97. The van der Waals surface area contributed by atoms with Gasteiger partial charge in [-0.1, -0.05) is 31.6 Å². The number of anilines is 1. The number of hydrogen-bond acceptors (Lipinski definition) is 3. The van der Waals surface area contributed by atoms with Gasteiger partial charge in [-0.3, -0.25) is 0 Å². The van der Waals surface area contributed by atoms with E-state index in [4.69, 9.17) is 4.74 Å². The minimum atomic E-state index is -0.333. The summed E-state index contributed by atoms with van der Waals surface area (Å²) in [6.07, 6.45) is 5.31. The topological polar surface area (TPSA) is 38.3 Å². The molecule has 0 radical (unpaired) electrons. The Bertz CT molecular complexity index is 486. The Balaban J connectivity index is 1.93. The zero-order valence-corrected chi connectivity index (χ0v) is 13.0. The molecular weight excluding hydrogens is 262 g/mol. The molecule has 2 rings (SSSR count). The Kier molecular flexibility index (Phi) is 5.43. The molecule has 0 aliphatic heterocycles. The van der Waals surface area contributed by atoms with E-state index in [1.165, 1.54) is 31.2 Å². The first-order valence-corrected chi connectivity index (χ1v) is 7.84. The average Bonchev–Trinajstić information content (AvgIpc) is 3.01. The van der Waals surface area contributed by atoms with Crippen LogP contribution in [0, 0.1) is 0 Å². The molecule has 21 heavy (non-hydrogen) atoms. The number of ether oxygens (including phenoxy) is 1. The number of carbonyl (C=O) groups excluding carboxylic acids is 1. The van der Waals surface area contributed by atoms with E-state index in [-0.39, 0.29) is 12.0 Å². The third-order valence-corrected chi connectivity index (χ3v) is 4.18. The molecular formula is C18H25NO2. The molecule has 1 fully saturated rings. The smallest absolute Gasteiger partial charge is 0.335 e. The van der Waals surface area contributed by atoms with Crippen LogP contribution >= 0.6 is 0 Å². The molecule has 1 aromatic rings. The Morgan fingerprint density at radius 3 is 2.52 bits per heavy atom. The SMILES string of the molecule is C=C(C(=O)OCC)[C@H](C)Nc1ccc(C2CCCC2)cc1. The van der Waals surface area contributed by atoms with E-state index in [0.29, 0.717) is 12.2 Å². The fourth-order valence-corrected chi connectivity index (χ4v) is 2.85. The third-order valence-electron chi connectivity index (χ3n) is 4.18. The van der Waals surface area contributed by atoms with Crippen molar-refractivity contribution >= 4 is 11.7 Å². The molecule has 1 aliphatic rings. The van der Waals surface area contributed by atoms with Crippen LogP contribution in [0.5, 0.6) is 0 Å². The molecule has 0 aromatic heterocycles. The van der Waals surface area contributed by atoms with Gasteiger partial charge in [0.1, 0.15) is 0 Å². The van der Waals surface area contributed by atoms with E-state index in [0.717, 1.165) is 11.6 Å². The van der Waals surface area contributed by atoms with Crippen molar-refractivity contribution in [3.63, 3.8) is 0 Å². The van der Waals surface area contributed by atoms with Crippen LogP contribution < -0.4 is 5.32 Å². The molecule has 0 bridgehead atoms. The molecule has 0 spiro atoms. The van der Waals surface area contributed by atoms with Crippen molar-refractivity contribution in [2.75, 3.05) is 11.9 Å². The molecule has 3 heteroatoms. The van der Waals surface area contributed by atoms with Gasteiger partial charge in [0.2, 0.25) is 0 Å². The summed E-state index contributed by atoms with van der Waals surface area (Å²) in [4.78, 5) is 11.6. The Morgan fingerprint density at radius 2 is 1.95 bits per heavy atom. The van der Waals surface area contributed by atoms with E-state index >= 15 is 0 Å². The van der Waals surface area contributed by atoms with Crippen LogP contribution in [0.25, 0.3) is 0 Å². The van der Waals surface area contributed by atoms with Crippen molar-refractivity contribution < 1.29 is 9.53 Å². The predicted molar refractivity (Wildman–Crippen MR) is 86.5 cm³/mol. The fourth-order valence-electron chi connectivity index (χ4n) is 2.85. The van der Waals surface area contributed by atoms with E-state index in [1.54, 1.807) is 6.92 Å². The standard InChI is InChI=1S/C18H25NO2/c1-4-21-18(20)13(2)14(3)19-17-11-9-16(10-12-17)15-7-5-6-8-15/h9-12,14-15,19H,2,4-8H2,1,3H3/t14-/m0/s1. The van der Waals surface area contributed by atoms with Gasteiger partial charge >= 0.3 is 5.97 Å². The maximum atomic E-state index is 11.6. The lowest BCUT2D eigenvalue weighted by atomic mass is 9.97. The van der Waals surface area contributed by atoms with Crippen molar-refractivity contribution in [1.82, 2.24) is 0 Å². The van der Waals surface area contributed by atoms with Crippen molar-refractivity contribution in [3.8, 4) is 0 Å². The molecule has 0 unspecified atom stereocenters. The normalized spacial score (nSPS) is 16.5. The van der Waals surface area contributed by atoms with Crippen LogP contribution in [-0.4, -0.2) is 18.6 Å². The fraction of sp³-hybridized carbons (Fsp3) is 0.500. The summed E-state index contributed by atoms with van der Waals surface area (Å²) in [7, 11) is 0. The molecule has 0 amide bonds. The highest BCUT2D eigenvalue weighted by Crippen LogP contribution is 2.34. The second-order valence-corrected chi connectivity index (χ2v) is 5.72. The average molecular weight is 287 g/mol. The number of nitrogens with one attached hydrogen (secondary N) is 1. The molecule has 114 valence electrons. The highest BCUT2D eigenvalue weighted by atomic mass is 16.5. The van der Waals surface area contributed by atoms with Gasteiger partial charge in [0.15, 0.2) is 0 Å². The Labute approximate surface area is 127 Å². The number of esters is 1. The lowest BCUT2D eigenvalue weighted by molar-refractivity contribution is -0.138. The molecule has 1 atom stereocenters. The first-order chi connectivity index (χ1) is 10.1. The second-order valence-electron chi connectivity index (χ2n) is 5.72. The molecule has 1 aliphatic carbocycles. The molecule has 1 aromatic carbocycles. The van der Waals surface area contributed by atoms with E-state index in [9.17, 15) is 4.79 Å². The molecule has 1 N–H and O–H groups in total. The Hall–Kier alpha value is -1.77. The highest BCUT2D eigenvalue weighted by Gasteiger charge is 2.18. The van der Waals surface area contributed by atoms with E-state index < -0.39 is 0 Å². The molecule has 0 saturated heterocycles. The van der Waals surface area contributed by atoms with Gasteiger partial charge in [0.25, 0.3) is 0 Å².